The fraction of sp³-hybridized carbons (Fsp3) is 0.324. The Hall–Kier alpha value is -3.86. The summed E-state index contributed by atoms with van der Waals surface area (Å²) in [5.41, 5.74) is 5.03. The summed E-state index contributed by atoms with van der Waals surface area (Å²) in [5.74, 6) is -0.182. The highest BCUT2D eigenvalue weighted by molar-refractivity contribution is 7.80. The van der Waals surface area contributed by atoms with Gasteiger partial charge in [-0.15, -0.1) is 0 Å². The maximum atomic E-state index is 13.4. The van der Waals surface area contributed by atoms with Crippen LogP contribution in [0.15, 0.2) is 97.1 Å². The Morgan fingerprint density at radius 2 is 1.65 bits per heavy atom. The van der Waals surface area contributed by atoms with Crippen LogP contribution in [0.5, 0.6) is 5.75 Å². The van der Waals surface area contributed by atoms with E-state index in [2.05, 4.69) is 5.32 Å². The number of anilines is 1. The average Bonchev–Trinajstić information content (AvgIpc) is 3.40. The van der Waals surface area contributed by atoms with E-state index in [1.807, 2.05) is 71.6 Å². The number of halogens is 1. The van der Waals surface area contributed by atoms with Crippen molar-refractivity contribution < 1.29 is 29.6 Å². The van der Waals surface area contributed by atoms with E-state index in [4.69, 9.17) is 17.0 Å². The van der Waals surface area contributed by atoms with Gasteiger partial charge in [-0.3, -0.25) is 0 Å². The molecular formula is C37H39FN2O5S. The lowest BCUT2D eigenvalue weighted by Crippen LogP contribution is -2.33. The molecule has 6 unspecified atom stereocenters. The highest BCUT2D eigenvalue weighted by Gasteiger charge is 2.40. The van der Waals surface area contributed by atoms with Crippen LogP contribution in [0.25, 0.3) is 11.1 Å². The number of para-hydroxylation sites is 1. The average molecular weight is 643 g/mol. The third-order valence-electron chi connectivity index (χ3n) is 9.02. The maximum absolute atomic E-state index is 13.4. The van der Waals surface area contributed by atoms with Gasteiger partial charge in [0, 0.05) is 24.1 Å². The molecule has 240 valence electrons. The molecule has 2 saturated heterocycles. The number of phenols is 1. The Morgan fingerprint density at radius 3 is 2.35 bits per heavy atom. The second-order valence-electron chi connectivity index (χ2n) is 12.2. The van der Waals surface area contributed by atoms with Gasteiger partial charge in [0.15, 0.2) is 5.11 Å². The van der Waals surface area contributed by atoms with Crippen LogP contribution in [0.3, 0.4) is 0 Å². The van der Waals surface area contributed by atoms with Crippen molar-refractivity contribution in [1.82, 2.24) is 5.32 Å². The zero-order valence-corrected chi connectivity index (χ0v) is 26.2. The monoisotopic (exact) mass is 642 g/mol. The van der Waals surface area contributed by atoms with Crippen LogP contribution in [0.1, 0.15) is 67.0 Å². The first-order valence-corrected chi connectivity index (χ1v) is 16.2. The molecule has 4 aromatic carbocycles. The van der Waals surface area contributed by atoms with Crippen molar-refractivity contribution in [2.45, 2.75) is 68.6 Å². The zero-order chi connectivity index (χ0) is 32.2. The Morgan fingerprint density at radius 1 is 0.935 bits per heavy atom. The molecular weight excluding hydrogens is 603 g/mol. The van der Waals surface area contributed by atoms with Gasteiger partial charge in [-0.2, -0.15) is 0 Å². The van der Waals surface area contributed by atoms with Crippen LogP contribution < -0.4 is 10.2 Å². The van der Waals surface area contributed by atoms with Crippen molar-refractivity contribution in [2.24, 2.45) is 0 Å². The number of benzene rings is 4. The maximum Gasteiger partial charge on any atom is 0.174 e. The summed E-state index contributed by atoms with van der Waals surface area (Å²) in [5, 5.41) is 46.0. The van der Waals surface area contributed by atoms with Gasteiger partial charge in [-0.05, 0) is 84.1 Å². The van der Waals surface area contributed by atoms with Crippen molar-refractivity contribution in [3.63, 3.8) is 0 Å². The summed E-state index contributed by atoms with van der Waals surface area (Å²) in [6, 6.07) is 28.9. The number of nitrogens with one attached hydrogen (secondary N) is 1. The molecule has 0 aliphatic carbocycles. The fourth-order valence-corrected chi connectivity index (χ4v) is 7.00. The standard InChI is InChI=1S/C37H39FN2O5S/c38-27-16-13-24(14-17-27)33(43)8-4-7-32-36(40(37(46)39-32)28-5-2-1-3-6-28)31-18-15-26(19-34(31)44)23-9-11-25(12-10-23)35-21-29(42)20-30(22-41)45-35/h1-3,5-6,9-19,29-30,32-33,35-36,41-44H,4,7-8,20-22H2,(H,39,46). The summed E-state index contributed by atoms with van der Waals surface area (Å²) in [6.45, 7) is -0.126. The van der Waals surface area contributed by atoms with E-state index >= 15 is 0 Å². The number of aliphatic hydroxyl groups is 3. The van der Waals surface area contributed by atoms with Gasteiger partial charge >= 0.3 is 0 Å². The van der Waals surface area contributed by atoms with Crippen molar-refractivity contribution in [3.8, 4) is 16.9 Å². The predicted molar refractivity (Wildman–Crippen MR) is 180 cm³/mol. The molecule has 0 amide bonds. The van der Waals surface area contributed by atoms with Crippen LogP contribution in [0.2, 0.25) is 0 Å². The van der Waals surface area contributed by atoms with Gasteiger partial charge < -0.3 is 35.4 Å². The van der Waals surface area contributed by atoms with Gasteiger partial charge in [0.1, 0.15) is 11.6 Å². The molecule has 5 N–H and O–H groups in total. The van der Waals surface area contributed by atoms with E-state index in [-0.39, 0.29) is 42.5 Å². The molecule has 2 aliphatic rings. The lowest BCUT2D eigenvalue weighted by atomic mass is 9.91. The number of nitrogens with zero attached hydrogens (tertiary/aromatic N) is 1. The predicted octanol–water partition coefficient (Wildman–Crippen LogP) is 6.48. The Bertz CT molecular complexity index is 1620. The fourth-order valence-electron chi connectivity index (χ4n) is 6.63. The van der Waals surface area contributed by atoms with Gasteiger partial charge in [-0.1, -0.05) is 66.7 Å². The summed E-state index contributed by atoms with van der Waals surface area (Å²) in [7, 11) is 0. The summed E-state index contributed by atoms with van der Waals surface area (Å²) >= 11 is 5.81. The lowest BCUT2D eigenvalue weighted by Gasteiger charge is -2.32. The Kier molecular flexibility index (Phi) is 9.96. The van der Waals surface area contributed by atoms with Crippen LogP contribution in [0, 0.1) is 5.82 Å². The molecule has 9 heteroatoms. The van der Waals surface area contributed by atoms with Crippen LogP contribution in [-0.4, -0.2) is 50.4 Å². The smallest absolute Gasteiger partial charge is 0.174 e. The highest BCUT2D eigenvalue weighted by atomic mass is 32.1. The molecule has 0 bridgehead atoms. The van der Waals surface area contributed by atoms with Crippen molar-refractivity contribution in [3.05, 3.63) is 120 Å². The number of aromatic hydroxyl groups is 1. The number of rotatable bonds is 10. The number of phenolic OH excluding ortho intramolecular Hbond substituents is 1. The Balaban J connectivity index is 1.21. The number of hydrogen-bond donors (Lipinski definition) is 5. The number of ether oxygens (including phenoxy) is 1. The van der Waals surface area contributed by atoms with E-state index in [9.17, 15) is 24.8 Å². The summed E-state index contributed by atoms with van der Waals surface area (Å²) in [4.78, 5) is 2.04. The minimum absolute atomic E-state index is 0.126. The van der Waals surface area contributed by atoms with E-state index in [0.717, 1.165) is 27.9 Å². The third-order valence-corrected chi connectivity index (χ3v) is 9.33. The van der Waals surface area contributed by atoms with Crippen molar-refractivity contribution in [1.29, 1.82) is 0 Å². The third kappa shape index (κ3) is 7.09. The van der Waals surface area contributed by atoms with E-state index < -0.39 is 12.2 Å². The lowest BCUT2D eigenvalue weighted by molar-refractivity contribution is -0.113. The van der Waals surface area contributed by atoms with Crippen molar-refractivity contribution >= 4 is 23.0 Å². The molecule has 6 rings (SSSR count). The van der Waals surface area contributed by atoms with E-state index in [1.165, 1.54) is 12.1 Å². The molecule has 46 heavy (non-hydrogen) atoms. The SMILES string of the molecule is OCC1CC(O)CC(c2ccc(-c3ccc(C4C(CCCC(O)c5ccc(F)cc5)NC(=S)N4c4ccccc4)c(O)c3)cc2)O1. The first-order valence-electron chi connectivity index (χ1n) is 15.8. The quantitative estimate of drug-likeness (QED) is 0.125. The van der Waals surface area contributed by atoms with Gasteiger partial charge in [0.2, 0.25) is 0 Å². The van der Waals surface area contributed by atoms with Gasteiger partial charge in [0.05, 0.1) is 43.1 Å². The molecule has 2 aliphatic heterocycles. The van der Waals surface area contributed by atoms with Crippen molar-refractivity contribution in [2.75, 3.05) is 11.5 Å². The molecule has 4 aromatic rings. The molecule has 2 fully saturated rings. The Labute approximate surface area is 273 Å². The summed E-state index contributed by atoms with van der Waals surface area (Å²) in [6.07, 6.45) is 0.886. The second-order valence-corrected chi connectivity index (χ2v) is 12.5. The molecule has 7 nitrogen and oxygen atoms in total. The molecule has 6 atom stereocenters. The van der Waals surface area contributed by atoms with Gasteiger partial charge in [0.25, 0.3) is 0 Å². The van der Waals surface area contributed by atoms with E-state index in [0.29, 0.717) is 42.8 Å². The first-order chi connectivity index (χ1) is 22.3. The number of hydrogen-bond acceptors (Lipinski definition) is 6. The highest BCUT2D eigenvalue weighted by Crippen LogP contribution is 2.42. The van der Waals surface area contributed by atoms with Crippen LogP contribution in [0.4, 0.5) is 10.1 Å². The normalized spacial score (nSPS) is 23.7. The topological polar surface area (TPSA) is 105 Å². The van der Waals surface area contributed by atoms with Gasteiger partial charge in [-0.25, -0.2) is 4.39 Å². The largest absolute Gasteiger partial charge is 0.508 e. The minimum Gasteiger partial charge on any atom is -0.508 e. The van der Waals surface area contributed by atoms with Crippen LogP contribution >= 0.6 is 12.2 Å². The molecule has 0 spiro atoms. The first kappa shape index (κ1) is 32.1. The summed E-state index contributed by atoms with van der Waals surface area (Å²) < 4.78 is 19.3. The molecule has 0 aromatic heterocycles. The second kappa shape index (κ2) is 14.3. The van der Waals surface area contributed by atoms with E-state index in [1.54, 1.807) is 18.2 Å². The number of thiocarbonyl (C=S) groups is 1. The zero-order valence-electron chi connectivity index (χ0n) is 25.4. The van der Waals surface area contributed by atoms with Crippen LogP contribution in [-0.2, 0) is 4.74 Å². The molecule has 2 heterocycles. The molecule has 0 saturated carbocycles. The minimum atomic E-state index is -0.706. The number of aliphatic hydroxyl groups excluding tert-OH is 3. The molecule has 0 radical (unpaired) electrons.